The number of nitrogens with zero attached hydrogens (tertiary/aromatic N) is 2. The summed E-state index contributed by atoms with van der Waals surface area (Å²) in [6, 6.07) is 9.02. The zero-order valence-electron chi connectivity index (χ0n) is 18.0. The molecule has 1 amide bonds. The highest BCUT2D eigenvalue weighted by molar-refractivity contribution is 5.94. The van der Waals surface area contributed by atoms with Gasteiger partial charge in [0.2, 0.25) is 0 Å². The molecule has 1 aromatic carbocycles. The molecule has 28 heavy (non-hydrogen) atoms. The van der Waals surface area contributed by atoms with Gasteiger partial charge in [-0.05, 0) is 95.9 Å². The molecular formula is C24H39N3O. The summed E-state index contributed by atoms with van der Waals surface area (Å²) in [4.78, 5) is 17.3. The molecule has 3 rings (SSSR count). The number of benzene rings is 1. The SMILES string of the molecule is CN1CCC(Cc2ccc(C(=O)NCCCN(C)C3CCCCC3)cc2)CC1. The van der Waals surface area contributed by atoms with Gasteiger partial charge in [0.25, 0.3) is 5.91 Å². The summed E-state index contributed by atoms with van der Waals surface area (Å²) < 4.78 is 0. The summed E-state index contributed by atoms with van der Waals surface area (Å²) in [5.74, 6) is 0.850. The summed E-state index contributed by atoms with van der Waals surface area (Å²) in [6.07, 6.45) is 11.6. The highest BCUT2D eigenvalue weighted by Gasteiger charge is 2.18. The van der Waals surface area contributed by atoms with E-state index in [1.165, 1.54) is 63.6 Å². The Balaban J connectivity index is 1.35. The molecule has 156 valence electrons. The first-order chi connectivity index (χ1) is 13.6. The lowest BCUT2D eigenvalue weighted by molar-refractivity contribution is 0.0950. The van der Waals surface area contributed by atoms with Crippen molar-refractivity contribution in [2.45, 2.75) is 63.8 Å². The highest BCUT2D eigenvalue weighted by Crippen LogP contribution is 2.22. The average Bonchev–Trinajstić information content (AvgIpc) is 2.73. The fourth-order valence-corrected chi connectivity index (χ4v) is 4.73. The molecule has 1 saturated heterocycles. The van der Waals surface area contributed by atoms with Crippen molar-refractivity contribution in [3.8, 4) is 0 Å². The number of carbonyl (C=O) groups is 1. The number of piperidine rings is 1. The molecule has 0 unspecified atom stereocenters. The minimum Gasteiger partial charge on any atom is -0.352 e. The van der Waals surface area contributed by atoms with Crippen molar-refractivity contribution in [3.63, 3.8) is 0 Å². The van der Waals surface area contributed by atoms with Crippen molar-refractivity contribution in [2.75, 3.05) is 40.3 Å². The average molecular weight is 386 g/mol. The maximum absolute atomic E-state index is 12.4. The molecule has 2 fully saturated rings. The molecule has 1 aliphatic carbocycles. The van der Waals surface area contributed by atoms with E-state index >= 15 is 0 Å². The van der Waals surface area contributed by atoms with Crippen LogP contribution >= 0.6 is 0 Å². The van der Waals surface area contributed by atoms with E-state index in [9.17, 15) is 4.79 Å². The summed E-state index contributed by atoms with van der Waals surface area (Å²) >= 11 is 0. The first-order valence-corrected chi connectivity index (χ1v) is 11.4. The summed E-state index contributed by atoms with van der Waals surface area (Å²) in [5, 5.41) is 3.09. The van der Waals surface area contributed by atoms with Crippen molar-refractivity contribution < 1.29 is 4.79 Å². The van der Waals surface area contributed by atoms with Gasteiger partial charge in [-0.3, -0.25) is 4.79 Å². The monoisotopic (exact) mass is 385 g/mol. The van der Waals surface area contributed by atoms with E-state index in [4.69, 9.17) is 0 Å². The van der Waals surface area contributed by atoms with E-state index in [1.54, 1.807) is 0 Å². The lowest BCUT2D eigenvalue weighted by atomic mass is 9.90. The molecule has 1 aromatic rings. The van der Waals surface area contributed by atoms with Gasteiger partial charge in [0.15, 0.2) is 0 Å². The topological polar surface area (TPSA) is 35.6 Å². The largest absolute Gasteiger partial charge is 0.352 e. The van der Waals surface area contributed by atoms with Crippen molar-refractivity contribution in [1.29, 1.82) is 0 Å². The molecule has 0 aromatic heterocycles. The quantitative estimate of drug-likeness (QED) is 0.688. The van der Waals surface area contributed by atoms with Crippen molar-refractivity contribution in [1.82, 2.24) is 15.1 Å². The molecule has 0 atom stereocenters. The number of rotatable bonds is 8. The molecule has 1 aliphatic heterocycles. The molecule has 1 N–H and O–H groups in total. The first-order valence-electron chi connectivity index (χ1n) is 11.4. The van der Waals surface area contributed by atoms with Crippen LogP contribution in [0.5, 0.6) is 0 Å². The highest BCUT2D eigenvalue weighted by atomic mass is 16.1. The Morgan fingerprint density at radius 2 is 1.75 bits per heavy atom. The van der Waals surface area contributed by atoms with Gasteiger partial charge in [0.05, 0.1) is 0 Å². The Morgan fingerprint density at radius 3 is 2.43 bits per heavy atom. The smallest absolute Gasteiger partial charge is 0.251 e. The van der Waals surface area contributed by atoms with Gasteiger partial charge in [-0.2, -0.15) is 0 Å². The van der Waals surface area contributed by atoms with Crippen molar-refractivity contribution in [2.24, 2.45) is 5.92 Å². The van der Waals surface area contributed by atoms with Crippen LogP contribution < -0.4 is 5.32 Å². The van der Waals surface area contributed by atoms with Crippen LogP contribution in [-0.4, -0.2) is 62.0 Å². The second-order valence-electron chi connectivity index (χ2n) is 9.03. The predicted molar refractivity (Wildman–Crippen MR) is 117 cm³/mol. The van der Waals surface area contributed by atoms with Crippen LogP contribution in [0.2, 0.25) is 0 Å². The van der Waals surface area contributed by atoms with Gasteiger partial charge < -0.3 is 15.1 Å². The molecule has 1 saturated carbocycles. The Hall–Kier alpha value is -1.39. The third-order valence-corrected chi connectivity index (χ3v) is 6.75. The van der Waals surface area contributed by atoms with Gasteiger partial charge in [-0.1, -0.05) is 31.4 Å². The Morgan fingerprint density at radius 1 is 1.07 bits per heavy atom. The number of nitrogens with one attached hydrogen (secondary N) is 1. The number of likely N-dealkylation sites (tertiary alicyclic amines) is 1. The standard InChI is InChI=1S/C24H39N3O/c1-26-17-13-21(14-18-26)19-20-9-11-22(12-10-20)24(28)25-15-6-16-27(2)23-7-4-3-5-8-23/h9-12,21,23H,3-8,13-19H2,1-2H3,(H,25,28). The lowest BCUT2D eigenvalue weighted by Crippen LogP contribution is -2.35. The number of hydrogen-bond acceptors (Lipinski definition) is 3. The minimum absolute atomic E-state index is 0.0613. The van der Waals surface area contributed by atoms with Crippen LogP contribution in [0.15, 0.2) is 24.3 Å². The van der Waals surface area contributed by atoms with Crippen molar-refractivity contribution in [3.05, 3.63) is 35.4 Å². The molecule has 4 heteroatoms. The Labute approximate surface area is 171 Å². The lowest BCUT2D eigenvalue weighted by Gasteiger charge is -2.31. The molecule has 1 heterocycles. The molecule has 0 spiro atoms. The van der Waals surface area contributed by atoms with E-state index in [0.29, 0.717) is 0 Å². The summed E-state index contributed by atoms with van der Waals surface area (Å²) in [7, 11) is 4.44. The third kappa shape index (κ3) is 6.59. The fraction of sp³-hybridized carbons (Fsp3) is 0.708. The molecule has 0 bridgehead atoms. The van der Waals surface area contributed by atoms with Crippen LogP contribution in [-0.2, 0) is 6.42 Å². The fourth-order valence-electron chi connectivity index (χ4n) is 4.73. The molecule has 4 nitrogen and oxygen atoms in total. The molecular weight excluding hydrogens is 346 g/mol. The summed E-state index contributed by atoms with van der Waals surface area (Å²) in [6.45, 7) is 4.25. The van der Waals surface area contributed by atoms with E-state index in [-0.39, 0.29) is 5.91 Å². The summed E-state index contributed by atoms with van der Waals surface area (Å²) in [5.41, 5.74) is 2.15. The van der Waals surface area contributed by atoms with E-state index in [2.05, 4.69) is 41.3 Å². The zero-order chi connectivity index (χ0) is 19.8. The maximum atomic E-state index is 12.4. The Kier molecular flexibility index (Phi) is 8.35. The van der Waals surface area contributed by atoms with Crippen LogP contribution in [0, 0.1) is 5.92 Å². The van der Waals surface area contributed by atoms with Crippen LogP contribution in [0.1, 0.15) is 67.3 Å². The van der Waals surface area contributed by atoms with E-state index in [1.807, 2.05) is 12.1 Å². The minimum atomic E-state index is 0.0613. The first kappa shape index (κ1) is 21.3. The van der Waals surface area contributed by atoms with Crippen LogP contribution in [0.3, 0.4) is 0 Å². The molecule has 0 radical (unpaired) electrons. The van der Waals surface area contributed by atoms with Gasteiger partial charge >= 0.3 is 0 Å². The van der Waals surface area contributed by atoms with Crippen LogP contribution in [0.25, 0.3) is 0 Å². The third-order valence-electron chi connectivity index (χ3n) is 6.75. The number of carbonyl (C=O) groups excluding carboxylic acids is 1. The van der Waals surface area contributed by atoms with Gasteiger partial charge in [0, 0.05) is 18.2 Å². The van der Waals surface area contributed by atoms with Crippen LogP contribution in [0.4, 0.5) is 0 Å². The zero-order valence-corrected chi connectivity index (χ0v) is 18.0. The second kappa shape index (κ2) is 11.0. The van der Waals surface area contributed by atoms with Gasteiger partial charge in [-0.15, -0.1) is 0 Å². The van der Waals surface area contributed by atoms with E-state index < -0.39 is 0 Å². The number of amides is 1. The van der Waals surface area contributed by atoms with Gasteiger partial charge in [0.1, 0.15) is 0 Å². The maximum Gasteiger partial charge on any atom is 0.251 e. The predicted octanol–water partition coefficient (Wildman–Crippen LogP) is 3.96. The van der Waals surface area contributed by atoms with Crippen molar-refractivity contribution >= 4 is 5.91 Å². The number of hydrogen-bond donors (Lipinski definition) is 1. The normalized spacial score (nSPS) is 19.8. The molecule has 2 aliphatic rings. The second-order valence-corrected chi connectivity index (χ2v) is 9.03. The van der Waals surface area contributed by atoms with E-state index in [0.717, 1.165) is 43.5 Å². The Bertz CT molecular complexity index is 586. The van der Waals surface area contributed by atoms with Gasteiger partial charge in [-0.25, -0.2) is 0 Å².